The van der Waals surface area contributed by atoms with Gasteiger partial charge in [-0.1, -0.05) is 48.9 Å². The lowest BCUT2D eigenvalue weighted by molar-refractivity contribution is -0.149. The summed E-state index contributed by atoms with van der Waals surface area (Å²) in [5.74, 6) is -1.42. The first-order valence-electron chi connectivity index (χ1n) is 15.5. The van der Waals surface area contributed by atoms with E-state index in [-0.39, 0.29) is 17.9 Å². The first-order valence-corrected chi connectivity index (χ1v) is 17.0. The van der Waals surface area contributed by atoms with E-state index >= 15 is 0 Å². The zero-order valence-corrected chi connectivity index (χ0v) is 26.6. The zero-order valence-electron chi connectivity index (χ0n) is 25.7. The summed E-state index contributed by atoms with van der Waals surface area (Å²) in [6.45, 7) is 4.25. The largest absolute Gasteiger partial charge is 0.478 e. The molecule has 0 spiro atoms. The molecule has 13 heteroatoms. The quantitative estimate of drug-likeness (QED) is 0.114. The Hall–Kier alpha value is -3.78. The van der Waals surface area contributed by atoms with Crippen molar-refractivity contribution in [2.24, 2.45) is 0 Å². The van der Waals surface area contributed by atoms with Crippen molar-refractivity contribution in [3.05, 3.63) is 65.0 Å². The highest BCUT2D eigenvalue weighted by Crippen LogP contribution is 2.29. The van der Waals surface area contributed by atoms with Gasteiger partial charge in [-0.2, -0.15) is 10.2 Å². The van der Waals surface area contributed by atoms with Gasteiger partial charge in [-0.15, -0.1) is 0 Å². The normalized spacial score (nSPS) is 17.8. The summed E-state index contributed by atoms with van der Waals surface area (Å²) >= 11 is 0. The molecule has 2 unspecified atom stereocenters. The summed E-state index contributed by atoms with van der Waals surface area (Å²) in [5, 5.41) is 16.3. The minimum absolute atomic E-state index is 0.0188. The zero-order chi connectivity index (χ0) is 32.0. The number of nitrogens with one attached hydrogen (secondary N) is 5. The Balaban J connectivity index is 1.31. The molecule has 1 amide bonds. The maximum absolute atomic E-state index is 13.9. The number of aliphatic carboxylic acids is 1. The number of carboxylic acid groups (broad SMARTS) is 1. The van der Waals surface area contributed by atoms with Gasteiger partial charge in [0.25, 0.3) is 0 Å². The summed E-state index contributed by atoms with van der Waals surface area (Å²) < 4.78 is 30.3. The van der Waals surface area contributed by atoms with Crippen molar-refractivity contribution in [1.29, 1.82) is 0 Å². The van der Waals surface area contributed by atoms with Gasteiger partial charge in [0, 0.05) is 12.2 Å². The van der Waals surface area contributed by atoms with E-state index in [0.29, 0.717) is 43.4 Å². The summed E-state index contributed by atoms with van der Waals surface area (Å²) in [7, 11) is -4.40. The minimum Gasteiger partial charge on any atom is -0.478 e. The van der Waals surface area contributed by atoms with Gasteiger partial charge in [-0.25, -0.2) is 18.2 Å². The van der Waals surface area contributed by atoms with Crippen LogP contribution in [-0.2, 0) is 37.3 Å². The van der Waals surface area contributed by atoms with Crippen LogP contribution >= 0.6 is 0 Å². The van der Waals surface area contributed by atoms with Gasteiger partial charge < -0.3 is 25.6 Å². The Morgan fingerprint density at radius 2 is 1.78 bits per heavy atom. The van der Waals surface area contributed by atoms with Crippen LogP contribution in [0.2, 0.25) is 0 Å². The van der Waals surface area contributed by atoms with Gasteiger partial charge in [-0.05, 0) is 87.5 Å². The van der Waals surface area contributed by atoms with E-state index in [1.807, 2.05) is 30.3 Å². The molecule has 1 aliphatic heterocycles. The van der Waals surface area contributed by atoms with Crippen LogP contribution in [0.5, 0.6) is 0 Å². The predicted octanol–water partition coefficient (Wildman–Crippen LogP) is 3.71. The van der Waals surface area contributed by atoms with Crippen molar-refractivity contribution in [3.63, 3.8) is 0 Å². The second-order valence-corrected chi connectivity index (χ2v) is 13.5. The SMILES string of the molecule is Cc1cc(-c2ccccc2)cc(C)c1S(=O)(=O)NC(CCCCCNc1nc2c([nH]1)CCCC2)(NC(=O)C1CCON1)C(=O)O. The summed E-state index contributed by atoms with van der Waals surface area (Å²) in [5.41, 5.74) is 5.29. The van der Waals surface area contributed by atoms with Crippen LogP contribution < -0.4 is 20.8 Å². The van der Waals surface area contributed by atoms with Gasteiger partial charge >= 0.3 is 5.97 Å². The van der Waals surface area contributed by atoms with Crippen LogP contribution in [-0.4, -0.2) is 60.2 Å². The number of carbonyl (C=O) groups excluding carboxylic acids is 1. The highest BCUT2D eigenvalue weighted by Gasteiger charge is 2.45. The number of anilines is 1. The molecule has 6 N–H and O–H groups in total. The molecule has 242 valence electrons. The Kier molecular flexibility index (Phi) is 10.2. The predicted molar refractivity (Wildman–Crippen MR) is 170 cm³/mol. The molecule has 3 aromatic rings. The second-order valence-electron chi connectivity index (χ2n) is 11.9. The number of aromatic amines is 1. The molecule has 45 heavy (non-hydrogen) atoms. The van der Waals surface area contributed by atoms with E-state index in [2.05, 4.69) is 30.8 Å². The molecule has 0 bridgehead atoms. The molecule has 2 heterocycles. The molecule has 0 saturated carbocycles. The Bertz CT molecular complexity index is 1570. The fraction of sp³-hybridized carbons (Fsp3) is 0.469. The smallest absolute Gasteiger partial charge is 0.345 e. The highest BCUT2D eigenvalue weighted by molar-refractivity contribution is 7.89. The molecular formula is C32H42N6O6S. The van der Waals surface area contributed by atoms with Crippen LogP contribution in [0.4, 0.5) is 5.95 Å². The number of carboxylic acids is 1. The standard InChI is InChI=1S/C32H42N6O6S/c1-21-19-24(23-11-5-3-6-12-23)20-22(2)28(21)45(42,43)38-32(30(40)41,36-29(39)27-15-18-44-37-27)16-9-4-10-17-33-31-34-25-13-7-8-14-26(25)35-31/h3,5-6,11-12,19-20,27,37-38H,4,7-10,13-18H2,1-2H3,(H,36,39)(H,40,41)(H2,33,34,35). The number of aromatic nitrogens is 2. The van der Waals surface area contributed by atoms with Crippen molar-refractivity contribution in [1.82, 2.24) is 25.5 Å². The Labute approximate surface area is 263 Å². The molecule has 1 aromatic heterocycles. The van der Waals surface area contributed by atoms with E-state index < -0.39 is 33.6 Å². The minimum atomic E-state index is -4.40. The molecule has 2 aliphatic rings. The number of fused-ring (bicyclic) bond motifs is 1. The maximum atomic E-state index is 13.9. The molecule has 1 saturated heterocycles. The average molecular weight is 639 g/mol. The van der Waals surface area contributed by atoms with Gasteiger partial charge in [0.2, 0.25) is 27.5 Å². The number of carbonyl (C=O) groups is 2. The first-order chi connectivity index (χ1) is 21.6. The van der Waals surface area contributed by atoms with Crippen LogP contribution in [0.25, 0.3) is 11.1 Å². The van der Waals surface area contributed by atoms with Crippen LogP contribution in [0.15, 0.2) is 47.4 Å². The third-order valence-corrected chi connectivity index (χ3v) is 10.2. The summed E-state index contributed by atoms with van der Waals surface area (Å²) in [6.07, 6.45) is 6.07. The number of imidazole rings is 1. The fourth-order valence-electron chi connectivity index (χ4n) is 6.11. The average Bonchev–Trinajstić information content (AvgIpc) is 3.69. The number of hydrogen-bond acceptors (Lipinski definition) is 8. The lowest BCUT2D eigenvalue weighted by Gasteiger charge is -2.32. The van der Waals surface area contributed by atoms with E-state index in [0.717, 1.165) is 48.5 Å². The van der Waals surface area contributed by atoms with Crippen molar-refractivity contribution < 1.29 is 28.0 Å². The van der Waals surface area contributed by atoms with Crippen LogP contribution in [0, 0.1) is 13.8 Å². The number of benzene rings is 2. The number of rotatable bonds is 14. The number of hydroxylamine groups is 1. The molecule has 2 aromatic carbocycles. The third kappa shape index (κ3) is 7.72. The molecule has 12 nitrogen and oxygen atoms in total. The molecule has 5 rings (SSSR count). The summed E-state index contributed by atoms with van der Waals surface area (Å²) in [4.78, 5) is 39.0. The summed E-state index contributed by atoms with van der Waals surface area (Å²) in [6, 6.07) is 12.3. The van der Waals surface area contributed by atoms with Crippen LogP contribution in [0.1, 0.15) is 67.5 Å². The van der Waals surface area contributed by atoms with Crippen molar-refractivity contribution in [2.45, 2.75) is 88.2 Å². The van der Waals surface area contributed by atoms with E-state index in [1.165, 1.54) is 5.69 Å². The number of hydrogen-bond donors (Lipinski definition) is 6. The van der Waals surface area contributed by atoms with Crippen molar-refractivity contribution in [2.75, 3.05) is 18.5 Å². The number of aryl methyl sites for hydroxylation is 4. The topological polar surface area (TPSA) is 175 Å². The molecule has 2 atom stereocenters. The number of amides is 1. The highest BCUT2D eigenvalue weighted by atomic mass is 32.2. The molecule has 0 radical (unpaired) electrons. The number of sulfonamides is 1. The lowest BCUT2D eigenvalue weighted by atomic mass is 10.0. The monoisotopic (exact) mass is 638 g/mol. The van der Waals surface area contributed by atoms with E-state index in [1.54, 1.807) is 26.0 Å². The van der Waals surface area contributed by atoms with Gasteiger partial charge in [0.1, 0.15) is 6.04 Å². The molecule has 1 aliphatic carbocycles. The number of H-pyrrole nitrogens is 1. The molecule has 1 fully saturated rings. The third-order valence-electron chi connectivity index (χ3n) is 8.37. The fourth-order valence-corrected chi connectivity index (χ4v) is 7.87. The van der Waals surface area contributed by atoms with Gasteiger partial charge in [0.05, 0.1) is 17.2 Å². The Morgan fingerprint density at radius 3 is 2.44 bits per heavy atom. The molecular weight excluding hydrogens is 596 g/mol. The van der Waals surface area contributed by atoms with E-state index in [9.17, 15) is 23.1 Å². The second kappa shape index (κ2) is 14.1. The Morgan fingerprint density at radius 1 is 1.04 bits per heavy atom. The van der Waals surface area contributed by atoms with Gasteiger partial charge in [0.15, 0.2) is 0 Å². The number of nitrogens with zero attached hydrogens (tertiary/aromatic N) is 1. The lowest BCUT2D eigenvalue weighted by Crippen LogP contribution is -2.67. The van der Waals surface area contributed by atoms with E-state index in [4.69, 9.17) is 4.84 Å². The van der Waals surface area contributed by atoms with Crippen LogP contribution in [0.3, 0.4) is 0 Å². The van der Waals surface area contributed by atoms with Gasteiger partial charge in [-0.3, -0.25) is 4.79 Å². The van der Waals surface area contributed by atoms with Crippen molar-refractivity contribution in [3.8, 4) is 11.1 Å². The maximum Gasteiger partial charge on any atom is 0.345 e. The van der Waals surface area contributed by atoms with Crippen molar-refractivity contribution >= 4 is 27.8 Å². The number of unbranched alkanes of at least 4 members (excludes halogenated alkanes) is 2. The first kappa shape index (κ1) is 32.6.